The summed E-state index contributed by atoms with van der Waals surface area (Å²) in [5, 5.41) is 0. The molecule has 0 fully saturated rings. The van der Waals surface area contributed by atoms with Gasteiger partial charge in [0.25, 0.3) is 0 Å². The maximum atomic E-state index is 11.8. The van der Waals surface area contributed by atoms with E-state index in [4.69, 9.17) is 9.47 Å². The minimum atomic E-state index is -0.662. The second-order valence-corrected chi connectivity index (χ2v) is 5.85. The lowest BCUT2D eigenvalue weighted by Crippen LogP contribution is -2.36. The fraction of sp³-hybridized carbons (Fsp3) is 0.600. The summed E-state index contributed by atoms with van der Waals surface area (Å²) in [6.07, 6.45) is -0.662. The van der Waals surface area contributed by atoms with E-state index in [1.807, 2.05) is 18.7 Å². The molecule has 0 saturated heterocycles. The highest BCUT2D eigenvalue weighted by atomic mass is 16.6. The van der Waals surface area contributed by atoms with Crippen molar-refractivity contribution in [3.8, 4) is 0 Å². The van der Waals surface area contributed by atoms with Crippen LogP contribution in [0.4, 0.5) is 16.6 Å². The Balaban J connectivity index is 2.98. The summed E-state index contributed by atoms with van der Waals surface area (Å²) in [6.45, 7) is 10.5. The number of carbonyl (C=O) groups excluding carboxylic acids is 2. The van der Waals surface area contributed by atoms with Gasteiger partial charge in [0.2, 0.25) is 5.95 Å². The van der Waals surface area contributed by atoms with Crippen LogP contribution >= 0.6 is 0 Å². The van der Waals surface area contributed by atoms with E-state index in [9.17, 15) is 9.59 Å². The number of aromatic nitrogens is 2. The molecule has 1 heterocycles. The maximum Gasteiger partial charge on any atom is 0.426 e. The summed E-state index contributed by atoms with van der Waals surface area (Å²) >= 11 is 0. The van der Waals surface area contributed by atoms with Gasteiger partial charge in [0, 0.05) is 19.2 Å². The molecule has 0 bridgehead atoms. The molecule has 0 unspecified atom stereocenters. The van der Waals surface area contributed by atoms with Gasteiger partial charge in [-0.2, -0.15) is 4.98 Å². The summed E-state index contributed by atoms with van der Waals surface area (Å²) in [4.78, 5) is 33.8. The summed E-state index contributed by atoms with van der Waals surface area (Å²) in [5.41, 5.74) is 4.45. The fourth-order valence-corrected chi connectivity index (χ4v) is 1.77. The maximum absolute atomic E-state index is 11.8. The van der Waals surface area contributed by atoms with E-state index >= 15 is 0 Å². The number of hydrazine groups is 1. The predicted molar refractivity (Wildman–Crippen MR) is 89.9 cm³/mol. The Kier molecular flexibility index (Phi) is 6.75. The van der Waals surface area contributed by atoms with Gasteiger partial charge in [-0.25, -0.2) is 20.0 Å². The summed E-state index contributed by atoms with van der Waals surface area (Å²) in [7, 11) is 1.27. The predicted octanol–water partition coefficient (Wildman–Crippen LogP) is 1.96. The monoisotopic (exact) mass is 339 g/mol. The summed E-state index contributed by atoms with van der Waals surface area (Å²) in [6, 6.07) is 1.39. The van der Waals surface area contributed by atoms with Crippen LogP contribution in [-0.4, -0.2) is 47.8 Å². The Bertz CT molecular complexity index is 582. The standard InChI is InChI=1S/C15H25N5O4/c1-7-20(8-2)13-16-10(12(21)23-6)9-11(17-13)18-19-14(22)24-15(3,4)5/h9H,7-8H2,1-6H3,(H,19,22)(H,16,17,18). The third-order valence-electron chi connectivity index (χ3n) is 2.85. The molecule has 0 saturated carbocycles. The van der Waals surface area contributed by atoms with E-state index in [0.717, 1.165) is 0 Å². The van der Waals surface area contributed by atoms with E-state index in [1.54, 1.807) is 20.8 Å². The lowest BCUT2D eigenvalue weighted by molar-refractivity contribution is 0.0539. The number of ether oxygens (including phenoxy) is 2. The van der Waals surface area contributed by atoms with Crippen molar-refractivity contribution in [3.63, 3.8) is 0 Å². The number of rotatable bonds is 6. The minimum absolute atomic E-state index is 0.0860. The van der Waals surface area contributed by atoms with E-state index in [-0.39, 0.29) is 11.5 Å². The van der Waals surface area contributed by atoms with Crippen LogP contribution in [0.25, 0.3) is 0 Å². The first-order chi connectivity index (χ1) is 11.2. The van der Waals surface area contributed by atoms with Crippen molar-refractivity contribution >= 4 is 23.8 Å². The van der Waals surface area contributed by atoms with Gasteiger partial charge in [-0.05, 0) is 34.6 Å². The van der Waals surface area contributed by atoms with E-state index in [1.165, 1.54) is 13.2 Å². The highest BCUT2D eigenvalue weighted by Crippen LogP contribution is 2.14. The number of anilines is 2. The van der Waals surface area contributed by atoms with Gasteiger partial charge in [0.1, 0.15) is 5.60 Å². The molecule has 1 aromatic rings. The summed E-state index contributed by atoms with van der Waals surface area (Å²) < 4.78 is 9.82. The molecule has 1 rings (SSSR count). The molecule has 134 valence electrons. The highest BCUT2D eigenvalue weighted by Gasteiger charge is 2.18. The number of methoxy groups -OCH3 is 1. The van der Waals surface area contributed by atoms with Crippen LogP contribution in [0.15, 0.2) is 6.07 Å². The first kappa shape index (κ1) is 19.5. The zero-order valence-corrected chi connectivity index (χ0v) is 15.0. The molecular formula is C15H25N5O4. The minimum Gasteiger partial charge on any atom is -0.464 e. The van der Waals surface area contributed by atoms with Gasteiger partial charge in [0.15, 0.2) is 11.5 Å². The van der Waals surface area contributed by atoms with Crippen molar-refractivity contribution < 1.29 is 19.1 Å². The third kappa shape index (κ3) is 5.90. The van der Waals surface area contributed by atoms with Crippen molar-refractivity contribution in [2.45, 2.75) is 40.2 Å². The quantitative estimate of drug-likeness (QED) is 0.598. The molecule has 0 aliphatic heterocycles. The Labute approximate surface area is 141 Å². The molecule has 24 heavy (non-hydrogen) atoms. The van der Waals surface area contributed by atoms with E-state index in [0.29, 0.717) is 19.0 Å². The van der Waals surface area contributed by atoms with E-state index in [2.05, 4.69) is 20.8 Å². The van der Waals surface area contributed by atoms with Gasteiger partial charge in [0.05, 0.1) is 7.11 Å². The molecule has 2 N–H and O–H groups in total. The highest BCUT2D eigenvalue weighted by molar-refractivity contribution is 5.88. The average molecular weight is 339 g/mol. The van der Waals surface area contributed by atoms with Crippen LogP contribution < -0.4 is 15.8 Å². The topological polar surface area (TPSA) is 106 Å². The molecule has 1 amide bonds. The fourth-order valence-electron chi connectivity index (χ4n) is 1.77. The Morgan fingerprint density at radius 1 is 1.21 bits per heavy atom. The number of carbonyl (C=O) groups is 2. The van der Waals surface area contributed by atoms with Gasteiger partial charge >= 0.3 is 12.1 Å². The zero-order chi connectivity index (χ0) is 18.3. The molecule has 0 aliphatic rings. The first-order valence-electron chi connectivity index (χ1n) is 7.67. The van der Waals surface area contributed by atoms with Gasteiger partial charge in [-0.15, -0.1) is 0 Å². The van der Waals surface area contributed by atoms with Crippen molar-refractivity contribution in [1.82, 2.24) is 15.4 Å². The number of esters is 1. The number of nitrogens with one attached hydrogen (secondary N) is 2. The molecular weight excluding hydrogens is 314 g/mol. The van der Waals surface area contributed by atoms with Gasteiger partial charge in [-0.3, -0.25) is 5.43 Å². The number of amides is 1. The van der Waals surface area contributed by atoms with Crippen molar-refractivity contribution in [3.05, 3.63) is 11.8 Å². The lowest BCUT2D eigenvalue weighted by Gasteiger charge is -2.21. The van der Waals surface area contributed by atoms with Crippen molar-refractivity contribution in [2.24, 2.45) is 0 Å². The molecule has 0 atom stereocenters. The van der Waals surface area contributed by atoms with Crippen molar-refractivity contribution in [2.75, 3.05) is 30.5 Å². The molecule has 1 aromatic heterocycles. The Hall–Kier alpha value is -2.58. The average Bonchev–Trinajstić information content (AvgIpc) is 2.51. The molecule has 9 nitrogen and oxygen atoms in total. The molecule has 0 radical (unpaired) electrons. The van der Waals surface area contributed by atoms with Crippen LogP contribution in [0.5, 0.6) is 0 Å². The van der Waals surface area contributed by atoms with Crippen LogP contribution in [0.3, 0.4) is 0 Å². The van der Waals surface area contributed by atoms with Crippen LogP contribution in [0, 0.1) is 0 Å². The normalized spacial score (nSPS) is 10.8. The smallest absolute Gasteiger partial charge is 0.426 e. The van der Waals surface area contributed by atoms with Crippen LogP contribution in [0.2, 0.25) is 0 Å². The third-order valence-corrected chi connectivity index (χ3v) is 2.85. The Morgan fingerprint density at radius 3 is 2.33 bits per heavy atom. The molecule has 0 aromatic carbocycles. The van der Waals surface area contributed by atoms with Gasteiger partial charge in [-0.1, -0.05) is 0 Å². The second kappa shape index (κ2) is 8.32. The summed E-state index contributed by atoms with van der Waals surface area (Å²) in [5.74, 6) is 0.0145. The van der Waals surface area contributed by atoms with Crippen molar-refractivity contribution in [1.29, 1.82) is 0 Å². The largest absolute Gasteiger partial charge is 0.464 e. The second-order valence-electron chi connectivity index (χ2n) is 5.85. The van der Waals surface area contributed by atoms with Crippen LogP contribution in [-0.2, 0) is 9.47 Å². The van der Waals surface area contributed by atoms with Gasteiger partial charge < -0.3 is 14.4 Å². The Morgan fingerprint density at radius 2 is 1.83 bits per heavy atom. The zero-order valence-electron chi connectivity index (χ0n) is 15.0. The first-order valence-corrected chi connectivity index (χ1v) is 7.67. The number of hydrogen-bond donors (Lipinski definition) is 2. The molecule has 0 aliphatic carbocycles. The SMILES string of the molecule is CCN(CC)c1nc(NNC(=O)OC(C)(C)C)cc(C(=O)OC)n1. The number of nitrogens with zero attached hydrogens (tertiary/aromatic N) is 3. The van der Waals surface area contributed by atoms with E-state index < -0.39 is 17.7 Å². The molecule has 9 heteroatoms. The van der Waals surface area contributed by atoms with Crippen LogP contribution in [0.1, 0.15) is 45.1 Å². The molecule has 0 spiro atoms. The number of hydrogen-bond acceptors (Lipinski definition) is 8. The lowest BCUT2D eigenvalue weighted by atomic mass is 10.2.